The molecule has 0 spiro atoms. The third kappa shape index (κ3) is 2.04. The van der Waals surface area contributed by atoms with Crippen LogP contribution in [0.4, 0.5) is 0 Å². The second-order valence-corrected chi connectivity index (χ2v) is 4.48. The summed E-state index contributed by atoms with van der Waals surface area (Å²) in [7, 11) is 0. The summed E-state index contributed by atoms with van der Waals surface area (Å²) in [5.41, 5.74) is 3.23. The van der Waals surface area contributed by atoms with E-state index < -0.39 is 0 Å². The lowest BCUT2D eigenvalue weighted by Crippen LogP contribution is -2.13. The zero-order chi connectivity index (χ0) is 9.10. The molecule has 0 nitrogen and oxygen atoms in total. The van der Waals surface area contributed by atoms with E-state index in [1.807, 2.05) is 0 Å². The van der Waals surface area contributed by atoms with E-state index >= 15 is 0 Å². The van der Waals surface area contributed by atoms with Gasteiger partial charge in [0.1, 0.15) is 0 Å². The Morgan fingerprint density at radius 2 is 1.92 bits per heavy atom. The Morgan fingerprint density at radius 1 is 1.08 bits per heavy atom. The maximum absolute atomic E-state index is 4.23. The predicted molar refractivity (Wildman–Crippen MR) is 57.6 cm³/mol. The number of hydrogen-bond donors (Lipinski definition) is 0. The highest BCUT2D eigenvalue weighted by atomic mass is 14.3. The SMILES string of the molecule is C=C1CCCCC1C1=CCCCC1. The second kappa shape index (κ2) is 4.13. The van der Waals surface area contributed by atoms with Crippen molar-refractivity contribution in [3.63, 3.8) is 0 Å². The average molecular weight is 176 g/mol. The van der Waals surface area contributed by atoms with E-state index in [4.69, 9.17) is 0 Å². The highest BCUT2D eigenvalue weighted by Crippen LogP contribution is 2.37. The molecule has 1 saturated carbocycles. The van der Waals surface area contributed by atoms with E-state index in [9.17, 15) is 0 Å². The van der Waals surface area contributed by atoms with Gasteiger partial charge in [0, 0.05) is 5.92 Å². The summed E-state index contributed by atoms with van der Waals surface area (Å²) in [5.74, 6) is 0.772. The summed E-state index contributed by atoms with van der Waals surface area (Å²) in [6.07, 6.45) is 13.4. The van der Waals surface area contributed by atoms with E-state index in [1.54, 1.807) is 5.57 Å². The molecule has 0 heteroatoms. The van der Waals surface area contributed by atoms with Crippen molar-refractivity contribution in [2.45, 2.75) is 51.4 Å². The third-order valence-corrected chi connectivity index (χ3v) is 3.51. The molecule has 0 heterocycles. The predicted octanol–water partition coefficient (Wildman–Crippen LogP) is 4.23. The maximum Gasteiger partial charge on any atom is 0.000422 e. The van der Waals surface area contributed by atoms with Gasteiger partial charge >= 0.3 is 0 Å². The van der Waals surface area contributed by atoms with Gasteiger partial charge in [0.15, 0.2) is 0 Å². The van der Waals surface area contributed by atoms with Crippen molar-refractivity contribution >= 4 is 0 Å². The Morgan fingerprint density at radius 3 is 2.62 bits per heavy atom. The molecule has 0 aliphatic heterocycles. The lowest BCUT2D eigenvalue weighted by molar-refractivity contribution is 0.478. The summed E-state index contributed by atoms with van der Waals surface area (Å²) in [6, 6.07) is 0. The summed E-state index contributed by atoms with van der Waals surface area (Å²) >= 11 is 0. The first-order chi connectivity index (χ1) is 6.38. The topological polar surface area (TPSA) is 0 Å². The molecule has 1 unspecified atom stereocenters. The molecule has 2 rings (SSSR count). The van der Waals surface area contributed by atoms with Crippen molar-refractivity contribution in [3.8, 4) is 0 Å². The first-order valence-electron chi connectivity index (χ1n) is 5.74. The molecule has 2 aliphatic rings. The second-order valence-electron chi connectivity index (χ2n) is 4.48. The van der Waals surface area contributed by atoms with E-state index in [1.165, 1.54) is 56.9 Å². The minimum Gasteiger partial charge on any atom is -0.0993 e. The van der Waals surface area contributed by atoms with Gasteiger partial charge in [-0.05, 0) is 44.9 Å². The Labute approximate surface area is 81.7 Å². The fraction of sp³-hybridized carbons (Fsp3) is 0.692. The van der Waals surface area contributed by atoms with Crippen molar-refractivity contribution in [1.29, 1.82) is 0 Å². The van der Waals surface area contributed by atoms with Gasteiger partial charge in [-0.1, -0.05) is 30.2 Å². The monoisotopic (exact) mass is 176 g/mol. The van der Waals surface area contributed by atoms with Crippen LogP contribution in [-0.2, 0) is 0 Å². The molecule has 0 bridgehead atoms. The maximum atomic E-state index is 4.23. The molecule has 72 valence electrons. The molecule has 0 amide bonds. The van der Waals surface area contributed by atoms with Crippen molar-refractivity contribution < 1.29 is 0 Å². The summed E-state index contributed by atoms with van der Waals surface area (Å²) in [4.78, 5) is 0. The smallest absolute Gasteiger partial charge is 0.000422 e. The van der Waals surface area contributed by atoms with E-state index in [0.29, 0.717) is 0 Å². The average Bonchev–Trinajstić information content (AvgIpc) is 2.20. The van der Waals surface area contributed by atoms with Crippen LogP contribution in [0.15, 0.2) is 23.8 Å². The van der Waals surface area contributed by atoms with Gasteiger partial charge in [0.2, 0.25) is 0 Å². The summed E-state index contributed by atoms with van der Waals surface area (Å²) in [5, 5.41) is 0. The molecule has 1 atom stereocenters. The van der Waals surface area contributed by atoms with Crippen LogP contribution in [0.2, 0.25) is 0 Å². The summed E-state index contributed by atoms with van der Waals surface area (Å²) < 4.78 is 0. The van der Waals surface area contributed by atoms with Crippen LogP contribution in [0.1, 0.15) is 51.4 Å². The number of hydrogen-bond acceptors (Lipinski definition) is 0. The Hall–Kier alpha value is -0.520. The molecule has 0 aromatic rings. The molecule has 2 aliphatic carbocycles. The van der Waals surface area contributed by atoms with Crippen LogP contribution in [-0.4, -0.2) is 0 Å². The molecule has 0 aromatic heterocycles. The standard InChI is InChI=1S/C13H20/c1-11-7-5-6-10-13(11)12-8-3-2-4-9-12/h8,13H,1-7,9-10H2. The zero-order valence-corrected chi connectivity index (χ0v) is 8.52. The summed E-state index contributed by atoms with van der Waals surface area (Å²) in [6.45, 7) is 4.23. The fourth-order valence-electron chi connectivity index (χ4n) is 2.71. The molecule has 0 aromatic carbocycles. The van der Waals surface area contributed by atoms with Crippen LogP contribution in [0.25, 0.3) is 0 Å². The highest BCUT2D eigenvalue weighted by molar-refractivity contribution is 5.21. The Kier molecular flexibility index (Phi) is 2.87. The zero-order valence-electron chi connectivity index (χ0n) is 8.52. The minimum atomic E-state index is 0.772. The van der Waals surface area contributed by atoms with Crippen molar-refractivity contribution in [2.75, 3.05) is 0 Å². The van der Waals surface area contributed by atoms with Gasteiger partial charge in [0.05, 0.1) is 0 Å². The van der Waals surface area contributed by atoms with Gasteiger partial charge in [-0.3, -0.25) is 0 Å². The first-order valence-corrected chi connectivity index (χ1v) is 5.74. The highest BCUT2D eigenvalue weighted by Gasteiger charge is 2.21. The van der Waals surface area contributed by atoms with Crippen LogP contribution < -0.4 is 0 Å². The van der Waals surface area contributed by atoms with Gasteiger partial charge < -0.3 is 0 Å². The normalized spacial score (nSPS) is 30.0. The first kappa shape index (κ1) is 9.05. The van der Waals surface area contributed by atoms with Crippen molar-refractivity contribution in [1.82, 2.24) is 0 Å². The van der Waals surface area contributed by atoms with Gasteiger partial charge in [-0.25, -0.2) is 0 Å². The number of allylic oxidation sites excluding steroid dienone is 3. The van der Waals surface area contributed by atoms with Crippen LogP contribution in [0.3, 0.4) is 0 Å². The van der Waals surface area contributed by atoms with Crippen molar-refractivity contribution in [3.05, 3.63) is 23.8 Å². The third-order valence-electron chi connectivity index (χ3n) is 3.51. The Balaban J connectivity index is 2.04. The molecule has 0 N–H and O–H groups in total. The van der Waals surface area contributed by atoms with E-state index in [-0.39, 0.29) is 0 Å². The molecule has 1 fully saturated rings. The largest absolute Gasteiger partial charge is 0.0993 e. The van der Waals surface area contributed by atoms with Crippen LogP contribution >= 0.6 is 0 Å². The molecular formula is C13H20. The fourth-order valence-corrected chi connectivity index (χ4v) is 2.71. The van der Waals surface area contributed by atoms with Gasteiger partial charge in [-0.2, -0.15) is 0 Å². The van der Waals surface area contributed by atoms with E-state index in [2.05, 4.69) is 12.7 Å². The Bertz CT molecular complexity index is 222. The molecule has 0 saturated heterocycles. The molecular weight excluding hydrogens is 156 g/mol. The lowest BCUT2D eigenvalue weighted by Gasteiger charge is -2.28. The van der Waals surface area contributed by atoms with Crippen molar-refractivity contribution in [2.24, 2.45) is 5.92 Å². The molecule has 0 radical (unpaired) electrons. The lowest BCUT2D eigenvalue weighted by atomic mass is 9.77. The quantitative estimate of drug-likeness (QED) is 0.524. The van der Waals surface area contributed by atoms with E-state index in [0.717, 1.165) is 5.92 Å². The minimum absolute atomic E-state index is 0.772. The van der Waals surface area contributed by atoms with Crippen LogP contribution in [0.5, 0.6) is 0 Å². The van der Waals surface area contributed by atoms with Crippen LogP contribution in [0, 0.1) is 5.92 Å². The number of rotatable bonds is 1. The molecule has 13 heavy (non-hydrogen) atoms. The van der Waals surface area contributed by atoms with Gasteiger partial charge in [-0.15, -0.1) is 0 Å². The van der Waals surface area contributed by atoms with Gasteiger partial charge in [0.25, 0.3) is 0 Å².